The summed E-state index contributed by atoms with van der Waals surface area (Å²) in [5.74, 6) is 0. The van der Waals surface area contributed by atoms with E-state index < -0.39 is 0 Å². The number of hydrogen-bond donors (Lipinski definition) is 0. The Kier molecular flexibility index (Phi) is 4.87. The van der Waals surface area contributed by atoms with Crippen LogP contribution in [0.3, 0.4) is 0 Å². The van der Waals surface area contributed by atoms with E-state index in [0.717, 1.165) is 16.7 Å². The molecule has 0 saturated heterocycles. The zero-order valence-corrected chi connectivity index (χ0v) is 26.1. The molecule has 0 fully saturated rings. The molecule has 0 spiro atoms. The standard InChI is InChI=1S/C41H23N3S2/c1-2-10-26(11-3-1)43-34-17-9-7-15-30(34)37-39-38(46-41(37)43)31-22-24(19-21-36(31)45-39)25-18-20-35-32(23-25)42-40-29-14-5-4-12-27(29)28-13-6-8-16-33(28)44(35)40/h1-23H. The van der Waals surface area contributed by atoms with E-state index in [9.17, 15) is 0 Å². The first-order valence-corrected chi connectivity index (χ1v) is 17.1. The second-order valence-corrected chi connectivity index (χ2v) is 14.0. The van der Waals surface area contributed by atoms with Crippen LogP contribution < -0.4 is 0 Å². The highest BCUT2D eigenvalue weighted by Gasteiger charge is 2.21. The molecule has 0 amide bonds. The van der Waals surface area contributed by atoms with E-state index >= 15 is 0 Å². The smallest absolute Gasteiger partial charge is 0.146 e. The SMILES string of the molecule is c1ccc(-n2c3ccccc3c3c4sc5ccc(-c6ccc7c(c6)nc6c8ccccc8c8ccccc8n76)cc5c4sc32)cc1. The quantitative estimate of drug-likeness (QED) is 0.176. The predicted molar refractivity (Wildman–Crippen MR) is 198 cm³/mol. The van der Waals surface area contributed by atoms with Gasteiger partial charge in [0, 0.05) is 37.3 Å². The zero-order chi connectivity index (χ0) is 29.9. The van der Waals surface area contributed by atoms with Gasteiger partial charge in [-0.1, -0.05) is 91.0 Å². The highest BCUT2D eigenvalue weighted by atomic mass is 32.1. The van der Waals surface area contributed by atoms with Crippen LogP contribution in [0.4, 0.5) is 0 Å². The minimum Gasteiger partial charge on any atom is -0.301 e. The summed E-state index contributed by atoms with van der Waals surface area (Å²) >= 11 is 3.83. The molecule has 214 valence electrons. The fourth-order valence-corrected chi connectivity index (χ4v) is 10.3. The minimum atomic E-state index is 1.01. The van der Waals surface area contributed by atoms with Crippen molar-refractivity contribution in [3.63, 3.8) is 0 Å². The molecule has 3 nitrogen and oxygen atoms in total. The third-order valence-electron chi connectivity index (χ3n) is 9.50. The van der Waals surface area contributed by atoms with Gasteiger partial charge in [-0.15, -0.1) is 22.7 Å². The van der Waals surface area contributed by atoms with Crippen molar-refractivity contribution in [2.24, 2.45) is 0 Å². The second-order valence-electron chi connectivity index (χ2n) is 12.0. The Labute approximate surface area is 270 Å². The number of hydrogen-bond acceptors (Lipinski definition) is 3. The van der Waals surface area contributed by atoms with Crippen LogP contribution in [-0.2, 0) is 0 Å². The van der Waals surface area contributed by atoms with Gasteiger partial charge < -0.3 is 4.57 Å². The average Bonchev–Trinajstić information content (AvgIpc) is 3.85. The van der Waals surface area contributed by atoms with Gasteiger partial charge in [-0.25, -0.2) is 4.98 Å². The average molecular weight is 622 g/mol. The highest BCUT2D eigenvalue weighted by Crippen LogP contribution is 2.49. The number of imidazole rings is 1. The first-order valence-electron chi connectivity index (χ1n) is 15.5. The van der Waals surface area contributed by atoms with Crippen LogP contribution in [0.15, 0.2) is 140 Å². The molecule has 0 aliphatic heterocycles. The van der Waals surface area contributed by atoms with Crippen LogP contribution in [0.25, 0.3) is 95.8 Å². The van der Waals surface area contributed by atoms with Gasteiger partial charge in [0.25, 0.3) is 0 Å². The molecule has 0 unspecified atom stereocenters. The Hall–Kier alpha value is -5.49. The Balaban J connectivity index is 1.14. The van der Waals surface area contributed by atoms with Gasteiger partial charge in [-0.3, -0.25) is 4.40 Å². The molecule has 6 aromatic carbocycles. The van der Waals surface area contributed by atoms with Crippen LogP contribution in [-0.4, -0.2) is 14.0 Å². The molecular formula is C41H23N3S2. The molecule has 0 aliphatic carbocycles. The summed E-state index contributed by atoms with van der Waals surface area (Å²) in [6, 6.07) is 50.6. The number of aromatic nitrogens is 3. The summed E-state index contributed by atoms with van der Waals surface area (Å²) in [5.41, 5.74) is 9.21. The molecule has 5 aromatic heterocycles. The second kappa shape index (κ2) is 9.04. The van der Waals surface area contributed by atoms with Crippen molar-refractivity contribution in [2.75, 3.05) is 0 Å². The van der Waals surface area contributed by atoms with E-state index in [1.54, 1.807) is 0 Å². The lowest BCUT2D eigenvalue weighted by atomic mass is 10.0. The summed E-state index contributed by atoms with van der Waals surface area (Å²) in [4.78, 5) is 6.55. The first kappa shape index (κ1) is 24.8. The Bertz CT molecular complexity index is 3030. The number of rotatable bonds is 2. The summed E-state index contributed by atoms with van der Waals surface area (Å²) in [6.45, 7) is 0. The lowest BCUT2D eigenvalue weighted by Crippen LogP contribution is -1.91. The van der Waals surface area contributed by atoms with E-state index in [-0.39, 0.29) is 0 Å². The van der Waals surface area contributed by atoms with Gasteiger partial charge >= 0.3 is 0 Å². The van der Waals surface area contributed by atoms with Crippen LogP contribution in [0.1, 0.15) is 0 Å². The fraction of sp³-hybridized carbons (Fsp3) is 0. The van der Waals surface area contributed by atoms with Crippen molar-refractivity contribution >= 4 is 102 Å². The molecule has 46 heavy (non-hydrogen) atoms. The van der Waals surface area contributed by atoms with Gasteiger partial charge in [-0.2, -0.15) is 0 Å². The third-order valence-corrected chi connectivity index (χ3v) is 12.0. The third kappa shape index (κ3) is 3.23. The minimum absolute atomic E-state index is 1.01. The van der Waals surface area contributed by atoms with Gasteiger partial charge in [0.1, 0.15) is 10.5 Å². The summed E-state index contributed by atoms with van der Waals surface area (Å²) in [6.07, 6.45) is 0. The monoisotopic (exact) mass is 621 g/mol. The zero-order valence-electron chi connectivity index (χ0n) is 24.4. The van der Waals surface area contributed by atoms with Crippen LogP contribution in [0.5, 0.6) is 0 Å². The number of nitrogens with zero attached hydrogens (tertiary/aromatic N) is 3. The number of fused-ring (bicyclic) bond motifs is 15. The normalized spacial score (nSPS) is 12.3. The molecule has 0 aliphatic rings. The van der Waals surface area contributed by atoms with Crippen molar-refractivity contribution in [1.82, 2.24) is 14.0 Å². The molecule has 5 heteroatoms. The molecule has 0 bridgehead atoms. The van der Waals surface area contributed by atoms with Crippen LogP contribution in [0.2, 0.25) is 0 Å². The van der Waals surface area contributed by atoms with Crippen LogP contribution in [0, 0.1) is 0 Å². The molecular weight excluding hydrogens is 599 g/mol. The maximum absolute atomic E-state index is 5.24. The first-order chi connectivity index (χ1) is 22.8. The maximum Gasteiger partial charge on any atom is 0.146 e. The van der Waals surface area contributed by atoms with Crippen LogP contribution >= 0.6 is 22.7 Å². The van der Waals surface area contributed by atoms with E-state index in [1.165, 1.54) is 79.1 Å². The lowest BCUT2D eigenvalue weighted by Gasteiger charge is -2.08. The largest absolute Gasteiger partial charge is 0.301 e. The van der Waals surface area contributed by atoms with Crippen molar-refractivity contribution < 1.29 is 0 Å². The molecule has 5 heterocycles. The van der Waals surface area contributed by atoms with Gasteiger partial charge in [-0.05, 0) is 65.0 Å². The van der Waals surface area contributed by atoms with E-state index in [2.05, 4.69) is 148 Å². The van der Waals surface area contributed by atoms with E-state index in [1.807, 2.05) is 22.7 Å². The van der Waals surface area contributed by atoms with Crippen molar-refractivity contribution in [3.8, 4) is 16.8 Å². The number of thiophene rings is 2. The number of para-hydroxylation sites is 3. The summed E-state index contributed by atoms with van der Waals surface area (Å²) in [7, 11) is 0. The molecule has 0 saturated carbocycles. The predicted octanol–water partition coefficient (Wildman–Crippen LogP) is 12.0. The highest BCUT2D eigenvalue weighted by molar-refractivity contribution is 7.36. The summed E-state index contributed by atoms with van der Waals surface area (Å²) in [5, 5.41) is 7.68. The van der Waals surface area contributed by atoms with E-state index in [4.69, 9.17) is 4.98 Å². The molecule has 11 aromatic rings. The van der Waals surface area contributed by atoms with Crippen molar-refractivity contribution in [3.05, 3.63) is 140 Å². The van der Waals surface area contributed by atoms with Gasteiger partial charge in [0.2, 0.25) is 0 Å². The van der Waals surface area contributed by atoms with Crippen molar-refractivity contribution in [1.29, 1.82) is 0 Å². The Morgan fingerprint density at radius 1 is 0.478 bits per heavy atom. The molecule has 11 rings (SSSR count). The number of pyridine rings is 1. The van der Waals surface area contributed by atoms with Gasteiger partial charge in [0.05, 0.1) is 31.5 Å². The summed E-state index contributed by atoms with van der Waals surface area (Å²) < 4.78 is 8.84. The topological polar surface area (TPSA) is 22.2 Å². The van der Waals surface area contributed by atoms with E-state index in [0.29, 0.717) is 0 Å². The molecule has 0 radical (unpaired) electrons. The fourth-order valence-electron chi connectivity index (χ4n) is 7.48. The van der Waals surface area contributed by atoms with Crippen molar-refractivity contribution in [2.45, 2.75) is 0 Å². The lowest BCUT2D eigenvalue weighted by molar-refractivity contribution is 1.19. The molecule has 0 N–H and O–H groups in total. The molecule has 0 atom stereocenters. The maximum atomic E-state index is 5.24. The Morgan fingerprint density at radius 3 is 2.04 bits per heavy atom. The Morgan fingerprint density at radius 2 is 1.17 bits per heavy atom. The number of benzene rings is 6. The van der Waals surface area contributed by atoms with Gasteiger partial charge in [0.15, 0.2) is 0 Å².